The van der Waals surface area contributed by atoms with E-state index in [2.05, 4.69) is 19.7 Å². The lowest BCUT2D eigenvalue weighted by Crippen LogP contribution is -2.40. The molecule has 5 heteroatoms. The minimum Gasteiger partial charge on any atom is -0.392 e. The Hall–Kier alpha value is -0.940. The van der Waals surface area contributed by atoms with Gasteiger partial charge in [-0.1, -0.05) is 13.8 Å². The van der Waals surface area contributed by atoms with Crippen molar-refractivity contribution < 1.29 is 5.11 Å². The SMILES string of the molecule is CC(C)C(O)CN1CCn2cnnc2C1. The van der Waals surface area contributed by atoms with E-state index in [0.29, 0.717) is 5.92 Å². The maximum Gasteiger partial charge on any atom is 0.147 e. The monoisotopic (exact) mass is 210 g/mol. The quantitative estimate of drug-likeness (QED) is 0.769. The molecule has 0 aromatic carbocycles. The topological polar surface area (TPSA) is 54.2 Å². The van der Waals surface area contributed by atoms with Crippen molar-refractivity contribution in [2.45, 2.75) is 33.0 Å². The van der Waals surface area contributed by atoms with E-state index in [1.54, 1.807) is 6.33 Å². The van der Waals surface area contributed by atoms with E-state index >= 15 is 0 Å². The molecule has 0 bridgehead atoms. The van der Waals surface area contributed by atoms with Gasteiger partial charge in [-0.05, 0) is 5.92 Å². The molecule has 0 radical (unpaired) electrons. The lowest BCUT2D eigenvalue weighted by Gasteiger charge is -2.29. The van der Waals surface area contributed by atoms with Gasteiger partial charge >= 0.3 is 0 Å². The average molecular weight is 210 g/mol. The second-order valence-corrected chi connectivity index (χ2v) is 4.49. The Balaban J connectivity index is 1.93. The van der Waals surface area contributed by atoms with Crippen LogP contribution >= 0.6 is 0 Å². The normalized spacial score (nSPS) is 19.2. The molecule has 2 rings (SSSR count). The van der Waals surface area contributed by atoms with Gasteiger partial charge in [0.05, 0.1) is 12.6 Å². The van der Waals surface area contributed by atoms with Crippen molar-refractivity contribution in [2.75, 3.05) is 13.1 Å². The van der Waals surface area contributed by atoms with Gasteiger partial charge in [-0.15, -0.1) is 10.2 Å². The average Bonchev–Trinajstić information content (AvgIpc) is 2.64. The third-order valence-electron chi connectivity index (χ3n) is 2.93. The van der Waals surface area contributed by atoms with Crippen molar-refractivity contribution in [3.63, 3.8) is 0 Å². The zero-order chi connectivity index (χ0) is 10.8. The number of aliphatic hydroxyl groups excluding tert-OH is 1. The van der Waals surface area contributed by atoms with Gasteiger partial charge in [0.1, 0.15) is 12.2 Å². The van der Waals surface area contributed by atoms with Crippen LogP contribution in [0.15, 0.2) is 6.33 Å². The van der Waals surface area contributed by atoms with E-state index < -0.39 is 0 Å². The Morgan fingerprint density at radius 3 is 3.00 bits per heavy atom. The molecule has 0 amide bonds. The first-order valence-corrected chi connectivity index (χ1v) is 5.44. The summed E-state index contributed by atoms with van der Waals surface area (Å²) < 4.78 is 2.07. The van der Waals surface area contributed by atoms with Crippen LogP contribution in [0.1, 0.15) is 19.7 Å². The van der Waals surface area contributed by atoms with Crippen LogP contribution in [-0.4, -0.2) is 44.0 Å². The van der Waals surface area contributed by atoms with Crippen molar-refractivity contribution in [3.05, 3.63) is 12.2 Å². The molecule has 1 aliphatic heterocycles. The molecule has 1 aromatic heterocycles. The number of hydrogen-bond acceptors (Lipinski definition) is 4. The molecule has 1 unspecified atom stereocenters. The van der Waals surface area contributed by atoms with Crippen molar-refractivity contribution >= 4 is 0 Å². The fourth-order valence-corrected chi connectivity index (χ4v) is 1.75. The Morgan fingerprint density at radius 1 is 1.47 bits per heavy atom. The van der Waals surface area contributed by atoms with Gasteiger partial charge in [0.15, 0.2) is 0 Å². The standard InChI is InChI=1S/C10H18N4O/c1-8(2)9(15)5-13-3-4-14-7-11-12-10(14)6-13/h7-9,15H,3-6H2,1-2H3. The summed E-state index contributed by atoms with van der Waals surface area (Å²) in [7, 11) is 0. The van der Waals surface area contributed by atoms with Crippen molar-refractivity contribution in [1.29, 1.82) is 0 Å². The van der Waals surface area contributed by atoms with Gasteiger partial charge in [0.2, 0.25) is 0 Å². The molecule has 15 heavy (non-hydrogen) atoms. The second kappa shape index (κ2) is 4.28. The number of fused-ring (bicyclic) bond motifs is 1. The highest BCUT2D eigenvalue weighted by atomic mass is 16.3. The predicted octanol–water partition coefficient (Wildman–Crippen LogP) is 0.111. The van der Waals surface area contributed by atoms with E-state index in [9.17, 15) is 5.11 Å². The summed E-state index contributed by atoms with van der Waals surface area (Å²) in [5.74, 6) is 1.31. The van der Waals surface area contributed by atoms with Crippen LogP contribution < -0.4 is 0 Å². The Bertz CT molecular complexity index is 323. The highest BCUT2D eigenvalue weighted by molar-refractivity contribution is 4.90. The Morgan fingerprint density at radius 2 is 2.27 bits per heavy atom. The van der Waals surface area contributed by atoms with Gasteiger partial charge in [0.25, 0.3) is 0 Å². The largest absolute Gasteiger partial charge is 0.392 e. The van der Waals surface area contributed by atoms with Crippen LogP contribution in [0.3, 0.4) is 0 Å². The van der Waals surface area contributed by atoms with E-state index in [1.165, 1.54) is 0 Å². The van der Waals surface area contributed by atoms with E-state index in [1.807, 2.05) is 13.8 Å². The van der Waals surface area contributed by atoms with E-state index in [0.717, 1.165) is 32.0 Å². The number of aromatic nitrogens is 3. The minimum absolute atomic E-state index is 0.250. The summed E-state index contributed by atoms with van der Waals surface area (Å²) >= 11 is 0. The summed E-state index contributed by atoms with van der Waals surface area (Å²) in [6, 6.07) is 0. The molecular weight excluding hydrogens is 192 g/mol. The van der Waals surface area contributed by atoms with Crippen LogP contribution in [0.2, 0.25) is 0 Å². The molecule has 0 spiro atoms. The first kappa shape index (κ1) is 10.6. The third kappa shape index (κ3) is 2.35. The molecule has 0 fully saturated rings. The predicted molar refractivity (Wildman–Crippen MR) is 56.1 cm³/mol. The molecule has 0 aliphatic carbocycles. The van der Waals surface area contributed by atoms with Gasteiger partial charge in [-0.2, -0.15) is 0 Å². The number of nitrogens with zero attached hydrogens (tertiary/aromatic N) is 4. The summed E-state index contributed by atoms with van der Waals surface area (Å²) in [4.78, 5) is 2.23. The van der Waals surface area contributed by atoms with Crippen molar-refractivity contribution in [2.24, 2.45) is 5.92 Å². The third-order valence-corrected chi connectivity index (χ3v) is 2.93. The summed E-state index contributed by atoms with van der Waals surface area (Å²) in [5, 5.41) is 17.7. The molecule has 0 saturated carbocycles. The summed E-state index contributed by atoms with van der Waals surface area (Å²) in [6.07, 6.45) is 1.52. The van der Waals surface area contributed by atoms with E-state index in [-0.39, 0.29) is 6.10 Å². The van der Waals surface area contributed by atoms with Gasteiger partial charge in [-0.3, -0.25) is 4.90 Å². The summed E-state index contributed by atoms with van der Waals surface area (Å²) in [6.45, 7) is 7.49. The number of aliphatic hydroxyl groups is 1. The highest BCUT2D eigenvalue weighted by Gasteiger charge is 2.20. The van der Waals surface area contributed by atoms with E-state index in [4.69, 9.17) is 0 Å². The van der Waals surface area contributed by atoms with Crippen LogP contribution in [0.4, 0.5) is 0 Å². The van der Waals surface area contributed by atoms with Crippen LogP contribution in [-0.2, 0) is 13.1 Å². The van der Waals surface area contributed by atoms with Crippen LogP contribution in [0.25, 0.3) is 0 Å². The molecule has 1 atom stereocenters. The molecule has 84 valence electrons. The zero-order valence-electron chi connectivity index (χ0n) is 9.30. The summed E-state index contributed by atoms with van der Waals surface area (Å²) in [5.41, 5.74) is 0. The molecule has 2 heterocycles. The van der Waals surface area contributed by atoms with Gasteiger partial charge in [0, 0.05) is 19.6 Å². The maximum absolute atomic E-state index is 9.79. The molecular formula is C10H18N4O. The smallest absolute Gasteiger partial charge is 0.147 e. The maximum atomic E-state index is 9.79. The Kier molecular flexibility index (Phi) is 3.02. The second-order valence-electron chi connectivity index (χ2n) is 4.49. The molecule has 1 N–H and O–H groups in total. The number of hydrogen-bond donors (Lipinski definition) is 1. The first-order valence-electron chi connectivity index (χ1n) is 5.44. The van der Waals surface area contributed by atoms with Crippen molar-refractivity contribution in [3.8, 4) is 0 Å². The molecule has 1 aliphatic rings. The van der Waals surface area contributed by atoms with Crippen LogP contribution in [0.5, 0.6) is 0 Å². The lowest BCUT2D eigenvalue weighted by atomic mass is 10.1. The van der Waals surface area contributed by atoms with Gasteiger partial charge in [-0.25, -0.2) is 0 Å². The number of β-amino-alcohol motifs (C(OH)–C–C–N with tert-alkyl or cyclic N) is 1. The molecule has 5 nitrogen and oxygen atoms in total. The lowest BCUT2D eigenvalue weighted by molar-refractivity contribution is 0.0644. The van der Waals surface area contributed by atoms with Crippen LogP contribution in [0, 0.1) is 5.92 Å². The van der Waals surface area contributed by atoms with Gasteiger partial charge < -0.3 is 9.67 Å². The fourth-order valence-electron chi connectivity index (χ4n) is 1.75. The zero-order valence-corrected chi connectivity index (χ0v) is 9.30. The first-order chi connectivity index (χ1) is 7.16. The highest BCUT2D eigenvalue weighted by Crippen LogP contribution is 2.11. The molecule has 0 saturated heterocycles. The Labute approximate surface area is 89.7 Å². The minimum atomic E-state index is -0.250. The fraction of sp³-hybridized carbons (Fsp3) is 0.800. The number of rotatable bonds is 3. The molecule has 1 aromatic rings. The van der Waals surface area contributed by atoms with Crippen molar-refractivity contribution in [1.82, 2.24) is 19.7 Å².